The third kappa shape index (κ3) is 5.19. The van der Waals surface area contributed by atoms with Gasteiger partial charge in [-0.15, -0.1) is 0 Å². The van der Waals surface area contributed by atoms with Crippen molar-refractivity contribution < 1.29 is 14.6 Å². The Morgan fingerprint density at radius 3 is 2.65 bits per heavy atom. The average molecular weight is 320 g/mol. The molecule has 0 aromatic heterocycles. The fourth-order valence-corrected chi connectivity index (χ4v) is 2.19. The lowest BCUT2D eigenvalue weighted by molar-refractivity contribution is -0.135. The summed E-state index contributed by atoms with van der Waals surface area (Å²) in [6.07, 6.45) is 0.547. The highest BCUT2D eigenvalue weighted by atomic mass is 35.5. The van der Waals surface area contributed by atoms with Crippen molar-refractivity contribution in [3.63, 3.8) is 0 Å². The van der Waals surface area contributed by atoms with Gasteiger partial charge in [-0.2, -0.15) is 0 Å². The van der Waals surface area contributed by atoms with E-state index in [-0.39, 0.29) is 25.2 Å². The summed E-state index contributed by atoms with van der Waals surface area (Å²) in [5, 5.41) is 9.74. The zero-order valence-corrected chi connectivity index (χ0v) is 13.1. The van der Waals surface area contributed by atoms with E-state index in [2.05, 4.69) is 0 Å². The van der Waals surface area contributed by atoms with Crippen molar-refractivity contribution in [3.8, 4) is 5.75 Å². The van der Waals surface area contributed by atoms with E-state index < -0.39 is 0 Å². The van der Waals surface area contributed by atoms with Gasteiger partial charge in [0.05, 0.1) is 5.02 Å². The van der Waals surface area contributed by atoms with Crippen molar-refractivity contribution in [2.24, 2.45) is 0 Å². The standard InChI is InChI=1S/C14H19Cl2NO3/c1-10(2)17(6-3-7-18)14(19)9-20-13-5-4-11(15)8-12(13)16/h4-5,8,10,18H,3,6-7,9H2,1-2H3. The minimum absolute atomic E-state index is 0.0540. The van der Waals surface area contributed by atoms with Crippen LogP contribution >= 0.6 is 23.2 Å². The van der Waals surface area contributed by atoms with Crippen LogP contribution in [-0.4, -0.2) is 41.7 Å². The minimum Gasteiger partial charge on any atom is -0.482 e. The van der Waals surface area contributed by atoms with E-state index in [1.807, 2.05) is 13.8 Å². The van der Waals surface area contributed by atoms with Crippen molar-refractivity contribution in [2.75, 3.05) is 19.8 Å². The molecule has 0 bridgehead atoms. The number of aliphatic hydroxyl groups is 1. The number of halogens is 2. The van der Waals surface area contributed by atoms with E-state index in [4.69, 9.17) is 33.0 Å². The summed E-state index contributed by atoms with van der Waals surface area (Å²) in [5.41, 5.74) is 0. The van der Waals surface area contributed by atoms with Gasteiger partial charge in [-0.25, -0.2) is 0 Å². The number of amides is 1. The Hall–Kier alpha value is -0.970. The van der Waals surface area contributed by atoms with Crippen LogP contribution in [0.2, 0.25) is 10.0 Å². The highest BCUT2D eigenvalue weighted by molar-refractivity contribution is 6.35. The molecular formula is C14H19Cl2NO3. The number of nitrogens with zero attached hydrogens (tertiary/aromatic N) is 1. The van der Waals surface area contributed by atoms with Gasteiger partial charge in [-0.3, -0.25) is 4.79 Å². The van der Waals surface area contributed by atoms with Crippen molar-refractivity contribution in [2.45, 2.75) is 26.3 Å². The highest BCUT2D eigenvalue weighted by Crippen LogP contribution is 2.27. The summed E-state index contributed by atoms with van der Waals surface area (Å²) in [4.78, 5) is 13.8. The molecule has 20 heavy (non-hydrogen) atoms. The van der Waals surface area contributed by atoms with E-state index in [9.17, 15) is 4.79 Å². The number of ether oxygens (including phenoxy) is 1. The van der Waals surface area contributed by atoms with E-state index >= 15 is 0 Å². The first kappa shape index (κ1) is 17.1. The second-order valence-corrected chi connectivity index (χ2v) is 5.47. The van der Waals surface area contributed by atoms with Crippen LogP contribution in [0, 0.1) is 0 Å². The van der Waals surface area contributed by atoms with Gasteiger partial charge in [0, 0.05) is 24.2 Å². The molecule has 1 aromatic carbocycles. The topological polar surface area (TPSA) is 49.8 Å². The zero-order valence-electron chi connectivity index (χ0n) is 11.6. The molecule has 6 heteroatoms. The monoisotopic (exact) mass is 319 g/mol. The van der Waals surface area contributed by atoms with Crippen molar-refractivity contribution in [1.29, 1.82) is 0 Å². The van der Waals surface area contributed by atoms with Crippen LogP contribution in [0.25, 0.3) is 0 Å². The Kier molecular flexibility index (Phi) is 7.13. The average Bonchev–Trinajstić information content (AvgIpc) is 2.37. The van der Waals surface area contributed by atoms with Gasteiger partial charge in [0.1, 0.15) is 5.75 Å². The lowest BCUT2D eigenvalue weighted by Crippen LogP contribution is -2.40. The molecule has 0 heterocycles. The molecule has 0 aliphatic carbocycles. The molecule has 1 rings (SSSR count). The summed E-state index contributed by atoms with van der Waals surface area (Å²) in [6, 6.07) is 4.90. The molecule has 4 nitrogen and oxygen atoms in total. The molecule has 0 atom stereocenters. The SMILES string of the molecule is CC(C)N(CCCO)C(=O)COc1ccc(Cl)cc1Cl. The van der Waals surface area contributed by atoms with Crippen LogP contribution < -0.4 is 4.74 Å². The molecule has 0 saturated heterocycles. The molecule has 0 fully saturated rings. The van der Waals surface area contributed by atoms with Gasteiger partial charge >= 0.3 is 0 Å². The number of hydrogen-bond donors (Lipinski definition) is 1. The van der Waals surface area contributed by atoms with E-state index in [1.54, 1.807) is 23.1 Å². The van der Waals surface area contributed by atoms with E-state index in [0.717, 1.165) is 0 Å². The molecular weight excluding hydrogens is 301 g/mol. The number of carbonyl (C=O) groups is 1. The summed E-state index contributed by atoms with van der Waals surface area (Å²) in [5.74, 6) is 0.287. The van der Waals surface area contributed by atoms with Gasteiger partial charge in [0.15, 0.2) is 6.61 Å². The Morgan fingerprint density at radius 1 is 1.40 bits per heavy atom. The summed E-state index contributed by atoms with van der Waals surface area (Å²) < 4.78 is 5.42. The maximum atomic E-state index is 12.1. The van der Waals surface area contributed by atoms with Gasteiger partial charge in [0.2, 0.25) is 0 Å². The quantitative estimate of drug-likeness (QED) is 0.840. The maximum absolute atomic E-state index is 12.1. The Morgan fingerprint density at radius 2 is 2.10 bits per heavy atom. The number of carbonyl (C=O) groups excluding carboxylic acids is 1. The third-order valence-corrected chi connectivity index (χ3v) is 3.28. The molecule has 0 aliphatic rings. The molecule has 112 valence electrons. The summed E-state index contributed by atoms with van der Waals surface area (Å²) in [7, 11) is 0. The minimum atomic E-state index is -0.139. The normalized spacial score (nSPS) is 10.7. The maximum Gasteiger partial charge on any atom is 0.260 e. The van der Waals surface area contributed by atoms with Crippen LogP contribution in [0.3, 0.4) is 0 Å². The predicted molar refractivity (Wildman–Crippen MR) is 80.5 cm³/mol. The molecule has 0 spiro atoms. The van der Waals surface area contributed by atoms with Crippen LogP contribution in [0.5, 0.6) is 5.75 Å². The molecule has 0 radical (unpaired) electrons. The second kappa shape index (κ2) is 8.35. The highest BCUT2D eigenvalue weighted by Gasteiger charge is 2.17. The largest absolute Gasteiger partial charge is 0.482 e. The van der Waals surface area contributed by atoms with Gasteiger partial charge < -0.3 is 14.7 Å². The fourth-order valence-electron chi connectivity index (χ4n) is 1.73. The Labute approximate surface area is 129 Å². The lowest BCUT2D eigenvalue weighted by atomic mass is 10.3. The smallest absolute Gasteiger partial charge is 0.260 e. The lowest BCUT2D eigenvalue weighted by Gasteiger charge is -2.26. The molecule has 1 amide bonds. The molecule has 1 aromatic rings. The first-order valence-electron chi connectivity index (χ1n) is 6.44. The van der Waals surface area contributed by atoms with Crippen molar-refractivity contribution >= 4 is 29.1 Å². The number of benzene rings is 1. The first-order chi connectivity index (χ1) is 9.45. The molecule has 0 unspecified atom stereocenters. The van der Waals surface area contributed by atoms with Gasteiger partial charge in [0.25, 0.3) is 5.91 Å². The number of aliphatic hydroxyl groups excluding tert-OH is 1. The zero-order chi connectivity index (χ0) is 15.1. The first-order valence-corrected chi connectivity index (χ1v) is 7.19. The molecule has 1 N–H and O–H groups in total. The van der Waals surface area contributed by atoms with Gasteiger partial charge in [-0.1, -0.05) is 23.2 Å². The summed E-state index contributed by atoms with van der Waals surface area (Å²) in [6.45, 7) is 4.31. The fraction of sp³-hybridized carbons (Fsp3) is 0.500. The van der Waals surface area contributed by atoms with Crippen molar-refractivity contribution in [1.82, 2.24) is 4.90 Å². The van der Waals surface area contributed by atoms with E-state index in [1.165, 1.54) is 0 Å². The number of rotatable bonds is 7. The van der Waals surface area contributed by atoms with Crippen LogP contribution in [-0.2, 0) is 4.79 Å². The van der Waals surface area contributed by atoms with Crippen molar-refractivity contribution in [3.05, 3.63) is 28.2 Å². The third-order valence-electron chi connectivity index (χ3n) is 2.75. The van der Waals surface area contributed by atoms with Gasteiger partial charge in [-0.05, 0) is 38.5 Å². The van der Waals surface area contributed by atoms with Crippen LogP contribution in [0.15, 0.2) is 18.2 Å². The van der Waals surface area contributed by atoms with Crippen LogP contribution in [0.4, 0.5) is 0 Å². The van der Waals surface area contributed by atoms with E-state index in [0.29, 0.717) is 28.8 Å². The second-order valence-electron chi connectivity index (χ2n) is 4.62. The number of hydrogen-bond acceptors (Lipinski definition) is 3. The Balaban J connectivity index is 2.60. The molecule has 0 saturated carbocycles. The Bertz CT molecular complexity index is 452. The molecule has 0 aliphatic heterocycles. The predicted octanol–water partition coefficient (Wildman–Crippen LogP) is 2.99. The van der Waals surface area contributed by atoms with Crippen LogP contribution in [0.1, 0.15) is 20.3 Å². The summed E-state index contributed by atoms with van der Waals surface area (Å²) >= 11 is 11.8.